The van der Waals surface area contributed by atoms with Crippen LogP contribution in [0.4, 0.5) is 11.4 Å². The number of hydrogen-bond acceptors (Lipinski definition) is 8. The van der Waals surface area contributed by atoms with Gasteiger partial charge in [0.25, 0.3) is 12.5 Å². The zero-order chi connectivity index (χ0) is 39.1. The smallest absolute Gasteiger partial charge is 0.476 e. The van der Waals surface area contributed by atoms with E-state index in [1.807, 2.05) is 43.0 Å². The number of aromatic amines is 1. The van der Waals surface area contributed by atoms with E-state index >= 15 is 0 Å². The summed E-state index contributed by atoms with van der Waals surface area (Å²) in [7, 11) is 0. The summed E-state index contributed by atoms with van der Waals surface area (Å²) >= 11 is 12.1. The molecule has 17 heteroatoms. The van der Waals surface area contributed by atoms with Crippen molar-refractivity contribution in [3.63, 3.8) is 0 Å². The van der Waals surface area contributed by atoms with Gasteiger partial charge in [0, 0.05) is 79.8 Å². The number of anilines is 2. The molecule has 2 aliphatic heterocycles. The lowest BCUT2D eigenvalue weighted by atomic mass is 10.2. The van der Waals surface area contributed by atoms with Crippen LogP contribution in [0.2, 0.25) is 10.0 Å². The fourth-order valence-corrected chi connectivity index (χ4v) is 6.79. The van der Waals surface area contributed by atoms with Crippen LogP contribution in [0.25, 0.3) is 22.1 Å². The molecule has 2 aromatic carbocycles. The molecule has 0 bridgehead atoms. The van der Waals surface area contributed by atoms with E-state index in [-0.39, 0.29) is 19.0 Å². The summed E-state index contributed by atoms with van der Waals surface area (Å²) in [4.78, 5) is 29.7. The maximum atomic E-state index is 12.7. The number of aromatic nitrogens is 6. The molecular weight excluding hydrogens is 747 g/mol. The number of fused-ring (bicyclic) bond motifs is 2. The molecule has 5 N–H and O–H groups in total. The van der Waals surface area contributed by atoms with Crippen LogP contribution in [0.1, 0.15) is 11.1 Å². The van der Waals surface area contributed by atoms with Crippen molar-refractivity contribution in [2.24, 2.45) is 0 Å². The predicted octanol–water partition coefficient (Wildman–Crippen LogP) is 2.99. The average Bonchev–Trinajstić information content (AvgIpc) is 3.80. The normalized spacial score (nSPS) is 14.3. The van der Waals surface area contributed by atoms with Gasteiger partial charge in [-0.15, -0.1) is 4.68 Å². The van der Waals surface area contributed by atoms with Gasteiger partial charge in [-0.1, -0.05) is 28.3 Å². The van der Waals surface area contributed by atoms with E-state index in [2.05, 4.69) is 43.5 Å². The molecule has 6 heterocycles. The van der Waals surface area contributed by atoms with E-state index in [0.29, 0.717) is 24.4 Å². The predicted molar refractivity (Wildman–Crippen MR) is 207 cm³/mol. The van der Waals surface area contributed by atoms with Crippen molar-refractivity contribution in [3.05, 3.63) is 107 Å². The van der Waals surface area contributed by atoms with E-state index in [0.717, 1.165) is 86.4 Å². The van der Waals surface area contributed by atoms with Crippen LogP contribution in [-0.4, -0.2) is 99.5 Å². The molecule has 6 aromatic rings. The minimum Gasteiger partial charge on any atom is -0.476 e. The largest absolute Gasteiger partial charge is 0.523 e. The molecule has 2 aliphatic rings. The molecule has 0 aliphatic carbocycles. The van der Waals surface area contributed by atoms with Gasteiger partial charge in [-0.25, -0.2) is 4.79 Å². The minimum atomic E-state index is -0.970. The van der Waals surface area contributed by atoms with Gasteiger partial charge in [-0.2, -0.15) is 5.10 Å². The highest BCUT2D eigenvalue weighted by atomic mass is 35.5. The standard InChI is InChI=1S/C19H21ClN5O2.C11H15ClN2.C8H7N3O3/c1-14-11-16(4-5-17(14)20)22-7-9-23(10-8-22)18(26)13-24-19-15(12-21-24)3-2-6-25(19)27;1-9-8-10(2-3-11(9)12)14-6-4-13-5-7-14;12-7(13)5-10-8-6(4-9-10)2-1-3-11(8)14/h2-6,11-12,27H,7-10,13H2,1H3;2-3,8,13H,4-7H2,1H3;1-4H,5H2,(H-,12,13,14)/q+1;;/p+2. The quantitative estimate of drug-likeness (QED) is 0.126. The topological polar surface area (TPSA) is 162 Å². The molecule has 2 saturated heterocycles. The van der Waals surface area contributed by atoms with E-state index in [1.165, 1.54) is 27.4 Å². The van der Waals surface area contributed by atoms with E-state index in [4.69, 9.17) is 28.3 Å². The molecule has 1 amide bonds. The Hall–Kier alpha value is -5.64. The molecule has 0 radical (unpaired) electrons. The number of carbonyl (C=O) groups excluding carboxylic acids is 1. The number of nitrogens with zero attached hydrogens (tertiary/aromatic N) is 8. The number of pyridine rings is 2. The minimum absolute atomic E-state index is 0.00390. The maximum absolute atomic E-state index is 12.7. The number of aliphatic carboxylic acids is 1. The van der Waals surface area contributed by atoms with E-state index in [9.17, 15) is 20.0 Å². The van der Waals surface area contributed by atoms with E-state index in [1.54, 1.807) is 30.6 Å². The van der Waals surface area contributed by atoms with Crippen molar-refractivity contribution in [3.8, 4) is 0 Å². The Balaban J connectivity index is 0.000000155. The van der Waals surface area contributed by atoms with Crippen LogP contribution in [0.15, 0.2) is 85.5 Å². The van der Waals surface area contributed by atoms with Crippen molar-refractivity contribution in [1.82, 2.24) is 25.1 Å². The molecule has 55 heavy (non-hydrogen) atoms. The van der Waals surface area contributed by atoms with Gasteiger partial charge in [0.05, 0.1) is 22.5 Å². The van der Waals surface area contributed by atoms with Crippen LogP contribution in [0.3, 0.4) is 0 Å². The van der Waals surface area contributed by atoms with Crippen molar-refractivity contribution in [1.29, 1.82) is 0 Å². The molecule has 0 spiro atoms. The Morgan fingerprint density at radius 2 is 1.38 bits per heavy atom. The van der Waals surface area contributed by atoms with Crippen LogP contribution < -0.4 is 29.3 Å². The number of carbonyl (C=O) groups is 2. The molecule has 0 unspecified atom stereocenters. The number of hydrogen-bond donors (Lipinski definition) is 5. The first-order valence-corrected chi connectivity index (χ1v) is 18.6. The van der Waals surface area contributed by atoms with Gasteiger partial charge in [0.1, 0.15) is 11.6 Å². The Labute approximate surface area is 327 Å². The summed E-state index contributed by atoms with van der Waals surface area (Å²) in [6.45, 7) is 11.1. The van der Waals surface area contributed by atoms with Gasteiger partial charge in [0.15, 0.2) is 6.54 Å². The van der Waals surface area contributed by atoms with Crippen LogP contribution >= 0.6 is 23.2 Å². The Morgan fingerprint density at radius 1 is 0.800 bits per heavy atom. The number of benzene rings is 2. The van der Waals surface area contributed by atoms with Crippen molar-refractivity contribution in [2.45, 2.75) is 26.9 Å². The molecule has 4 aromatic heterocycles. The second kappa shape index (κ2) is 17.7. The van der Waals surface area contributed by atoms with Crippen LogP contribution in [-0.2, 0) is 22.7 Å². The number of piperazine rings is 2. The molecule has 0 atom stereocenters. The fourth-order valence-electron chi connectivity index (χ4n) is 6.55. The molecule has 288 valence electrons. The lowest BCUT2D eigenvalue weighted by molar-refractivity contribution is -0.926. The number of aryl methyl sites for hydroxylation is 2. The number of rotatable bonds is 6. The number of carboxylic acids is 1. The Bertz CT molecular complexity index is 2280. The first-order valence-electron chi connectivity index (χ1n) is 17.9. The molecule has 2 fully saturated rings. The Kier molecular flexibility index (Phi) is 12.5. The second-order valence-corrected chi connectivity index (χ2v) is 14.1. The number of halogens is 2. The Morgan fingerprint density at radius 3 is 1.98 bits per heavy atom. The first kappa shape index (κ1) is 39.1. The summed E-state index contributed by atoms with van der Waals surface area (Å²) < 4.78 is 4.76. The number of H-pyrrole nitrogens is 1. The van der Waals surface area contributed by atoms with Crippen LogP contribution in [0.5, 0.6) is 0 Å². The number of amides is 1. The fraction of sp³-hybridized carbons (Fsp3) is 0.316. The zero-order valence-corrected chi connectivity index (χ0v) is 32.2. The third-order valence-electron chi connectivity index (χ3n) is 9.51. The van der Waals surface area contributed by atoms with Crippen molar-refractivity contribution >= 4 is 68.5 Å². The third kappa shape index (κ3) is 9.54. The summed E-state index contributed by atoms with van der Waals surface area (Å²) in [6, 6.07) is 19.3. The van der Waals surface area contributed by atoms with Gasteiger partial charge in [0.2, 0.25) is 6.20 Å². The number of carboxylic acid groups (broad SMARTS) is 1. The molecule has 8 rings (SSSR count). The summed E-state index contributed by atoms with van der Waals surface area (Å²) in [6.07, 6.45) is 6.24. The zero-order valence-electron chi connectivity index (χ0n) is 30.6. The van der Waals surface area contributed by atoms with Crippen molar-refractivity contribution in [2.75, 3.05) is 62.2 Å². The van der Waals surface area contributed by atoms with E-state index < -0.39 is 5.97 Å². The highest BCUT2D eigenvalue weighted by Crippen LogP contribution is 2.24. The highest BCUT2D eigenvalue weighted by Gasteiger charge is 2.27. The van der Waals surface area contributed by atoms with Gasteiger partial charge in [-0.05, 0) is 89.0 Å². The lowest BCUT2D eigenvalue weighted by Crippen LogP contribution is -2.49. The van der Waals surface area contributed by atoms with Gasteiger partial charge < -0.3 is 30.3 Å². The second-order valence-electron chi connectivity index (χ2n) is 13.3. The lowest BCUT2D eigenvalue weighted by Gasteiger charge is -2.36. The first-order chi connectivity index (χ1) is 26.5. The molecular formula is C38H45Cl2N10O5+3. The SMILES string of the molecule is Cc1cc(N2CCN(C(=O)Cn3ncc4ccc[n+](O)c43)CC2)ccc1Cl.Cc1cc(N2CCNCC2)ccc1Cl.O=C(O)C[n+]1[nH]cc2ccc[n+](O)c21. The molecule has 0 saturated carbocycles. The monoisotopic (exact) mass is 791 g/mol. The summed E-state index contributed by atoms with van der Waals surface area (Å²) in [5.74, 6) is -0.974. The summed E-state index contributed by atoms with van der Waals surface area (Å²) in [5, 5.41) is 41.5. The van der Waals surface area contributed by atoms with Gasteiger partial charge >= 0.3 is 17.3 Å². The van der Waals surface area contributed by atoms with Crippen LogP contribution in [0, 0.1) is 13.8 Å². The number of nitrogens with one attached hydrogen (secondary N) is 2. The summed E-state index contributed by atoms with van der Waals surface area (Å²) in [5.41, 5.74) is 5.56. The third-order valence-corrected chi connectivity index (χ3v) is 10.4. The molecule has 15 nitrogen and oxygen atoms in total. The maximum Gasteiger partial charge on any atom is 0.523 e. The average molecular weight is 793 g/mol. The van der Waals surface area contributed by atoms with Crippen molar-refractivity contribution < 1.29 is 39.3 Å². The highest BCUT2D eigenvalue weighted by molar-refractivity contribution is 6.31. The van der Waals surface area contributed by atoms with Gasteiger partial charge in [-0.3, -0.25) is 10.0 Å².